The highest BCUT2D eigenvalue weighted by Gasteiger charge is 2.22. The summed E-state index contributed by atoms with van der Waals surface area (Å²) in [6, 6.07) is 7.83. The number of piperazine rings is 1. The molecule has 0 aliphatic carbocycles. The molecule has 1 aromatic carbocycles. The molecule has 2 aromatic rings. The highest BCUT2D eigenvalue weighted by Crippen LogP contribution is 2.16. The summed E-state index contributed by atoms with van der Waals surface area (Å²) in [4.78, 5) is 16.5. The molecular weight excluding hydrogens is 280 g/mol. The maximum Gasteiger partial charge on any atom is 0.228 e. The average Bonchev–Trinajstić information content (AvgIpc) is 2.91. The molecule has 1 amide bonds. The second kappa shape index (κ2) is 6.46. The molecule has 0 saturated carbocycles. The van der Waals surface area contributed by atoms with E-state index in [9.17, 15) is 9.90 Å². The van der Waals surface area contributed by atoms with Gasteiger partial charge in [0.15, 0.2) is 0 Å². The Bertz CT molecular complexity index is 644. The molecule has 1 saturated heterocycles. The molecule has 2 N–H and O–H groups in total. The van der Waals surface area contributed by atoms with Gasteiger partial charge >= 0.3 is 0 Å². The average molecular weight is 302 g/mol. The summed E-state index contributed by atoms with van der Waals surface area (Å²) >= 11 is 0. The topological polar surface area (TPSA) is 72.5 Å². The number of rotatable bonds is 4. The number of fused-ring (bicyclic) bond motifs is 1. The summed E-state index contributed by atoms with van der Waals surface area (Å²) in [6.07, 6.45) is 0.0373. The normalized spacial score (nSPS) is 17.8. The molecular formula is C16H22N4O2. The molecule has 6 nitrogen and oxygen atoms in total. The van der Waals surface area contributed by atoms with Crippen LogP contribution in [0.2, 0.25) is 0 Å². The van der Waals surface area contributed by atoms with Crippen LogP contribution in [0.25, 0.3) is 10.9 Å². The SMILES string of the molecule is CC(O)CN1CCN(C(=O)Cc2[nH]nc3ccccc23)CC1. The van der Waals surface area contributed by atoms with Gasteiger partial charge in [0.2, 0.25) is 5.91 Å². The van der Waals surface area contributed by atoms with Gasteiger partial charge in [0.25, 0.3) is 0 Å². The maximum absolute atomic E-state index is 12.4. The van der Waals surface area contributed by atoms with Crippen LogP contribution in [0, 0.1) is 0 Å². The van der Waals surface area contributed by atoms with Gasteiger partial charge < -0.3 is 10.0 Å². The molecule has 0 radical (unpaired) electrons. The van der Waals surface area contributed by atoms with Crippen molar-refractivity contribution in [2.45, 2.75) is 19.4 Å². The minimum atomic E-state index is -0.321. The van der Waals surface area contributed by atoms with Gasteiger partial charge in [-0.25, -0.2) is 0 Å². The highest BCUT2D eigenvalue weighted by molar-refractivity contribution is 5.87. The summed E-state index contributed by atoms with van der Waals surface area (Å²) in [5, 5.41) is 17.6. The standard InChI is InChI=1S/C16H22N4O2/c1-12(21)11-19-6-8-20(9-7-19)16(22)10-15-13-4-2-3-5-14(13)17-18-15/h2-5,12,21H,6-11H2,1H3,(H,17,18). The van der Waals surface area contributed by atoms with Crippen molar-refractivity contribution in [2.75, 3.05) is 32.7 Å². The summed E-state index contributed by atoms with van der Waals surface area (Å²) in [6.45, 7) is 5.55. The van der Waals surface area contributed by atoms with E-state index in [2.05, 4.69) is 15.1 Å². The number of aromatic amines is 1. The first-order valence-corrected chi connectivity index (χ1v) is 7.73. The number of hydrogen-bond acceptors (Lipinski definition) is 4. The molecule has 3 rings (SSSR count). The van der Waals surface area contributed by atoms with E-state index in [0.717, 1.165) is 42.8 Å². The third-order valence-corrected chi connectivity index (χ3v) is 4.12. The Labute approximate surface area is 129 Å². The number of hydrogen-bond donors (Lipinski definition) is 2. The van der Waals surface area contributed by atoms with Crippen LogP contribution < -0.4 is 0 Å². The lowest BCUT2D eigenvalue weighted by atomic mass is 10.1. The Balaban J connectivity index is 1.59. The van der Waals surface area contributed by atoms with Crippen molar-refractivity contribution in [3.05, 3.63) is 30.0 Å². The first-order chi connectivity index (χ1) is 10.6. The minimum Gasteiger partial charge on any atom is -0.392 e. The highest BCUT2D eigenvalue weighted by atomic mass is 16.3. The van der Waals surface area contributed by atoms with E-state index < -0.39 is 0 Å². The van der Waals surface area contributed by atoms with Crippen molar-refractivity contribution < 1.29 is 9.90 Å². The van der Waals surface area contributed by atoms with Gasteiger partial charge in [0.1, 0.15) is 0 Å². The monoisotopic (exact) mass is 302 g/mol. The first-order valence-electron chi connectivity index (χ1n) is 7.73. The van der Waals surface area contributed by atoms with Gasteiger partial charge in [-0.15, -0.1) is 0 Å². The Morgan fingerprint density at radius 3 is 2.77 bits per heavy atom. The van der Waals surface area contributed by atoms with E-state index in [0.29, 0.717) is 13.0 Å². The largest absolute Gasteiger partial charge is 0.392 e. The lowest BCUT2D eigenvalue weighted by Crippen LogP contribution is -2.50. The van der Waals surface area contributed by atoms with Crippen LogP contribution in [-0.2, 0) is 11.2 Å². The molecule has 0 spiro atoms. The van der Waals surface area contributed by atoms with E-state index in [4.69, 9.17) is 0 Å². The van der Waals surface area contributed by atoms with E-state index in [-0.39, 0.29) is 12.0 Å². The van der Waals surface area contributed by atoms with E-state index in [1.165, 1.54) is 0 Å². The number of H-pyrrole nitrogens is 1. The van der Waals surface area contributed by atoms with Crippen molar-refractivity contribution in [1.82, 2.24) is 20.0 Å². The predicted octanol–water partition coefficient (Wildman–Crippen LogP) is 0.630. The molecule has 118 valence electrons. The van der Waals surface area contributed by atoms with Crippen LogP contribution in [0.15, 0.2) is 24.3 Å². The zero-order valence-corrected chi connectivity index (χ0v) is 12.8. The number of amides is 1. The first kappa shape index (κ1) is 15.0. The molecule has 1 aliphatic rings. The summed E-state index contributed by atoms with van der Waals surface area (Å²) in [5.74, 6) is 0.131. The van der Waals surface area contributed by atoms with Crippen LogP contribution in [0.3, 0.4) is 0 Å². The number of benzene rings is 1. The number of aliphatic hydroxyl groups is 1. The molecule has 1 unspecified atom stereocenters. The van der Waals surface area contributed by atoms with Crippen LogP contribution in [0.4, 0.5) is 0 Å². The molecule has 22 heavy (non-hydrogen) atoms. The number of aromatic nitrogens is 2. The molecule has 1 fully saturated rings. The maximum atomic E-state index is 12.4. The lowest BCUT2D eigenvalue weighted by Gasteiger charge is -2.35. The van der Waals surface area contributed by atoms with E-state index in [1.54, 1.807) is 6.92 Å². The number of β-amino-alcohol motifs (C(OH)–C–C–N with tert-alkyl or cyclic N) is 1. The van der Waals surface area contributed by atoms with Gasteiger partial charge in [-0.2, -0.15) is 5.10 Å². The van der Waals surface area contributed by atoms with Crippen molar-refractivity contribution >= 4 is 16.8 Å². The molecule has 1 aliphatic heterocycles. The molecule has 1 atom stereocenters. The van der Waals surface area contributed by atoms with Crippen molar-refractivity contribution in [3.8, 4) is 0 Å². The Morgan fingerprint density at radius 1 is 1.32 bits per heavy atom. The third kappa shape index (κ3) is 3.28. The van der Waals surface area contributed by atoms with Gasteiger partial charge in [-0.3, -0.25) is 14.8 Å². The van der Waals surface area contributed by atoms with Gasteiger partial charge in [-0.1, -0.05) is 18.2 Å². The second-order valence-electron chi connectivity index (χ2n) is 5.93. The van der Waals surface area contributed by atoms with Gasteiger partial charge in [0, 0.05) is 38.1 Å². The fraction of sp³-hybridized carbons (Fsp3) is 0.500. The van der Waals surface area contributed by atoms with Crippen LogP contribution in [0.5, 0.6) is 0 Å². The Morgan fingerprint density at radius 2 is 2.05 bits per heavy atom. The molecule has 2 heterocycles. The van der Waals surface area contributed by atoms with E-state index >= 15 is 0 Å². The quantitative estimate of drug-likeness (QED) is 0.869. The van der Waals surface area contributed by atoms with Crippen molar-refractivity contribution in [1.29, 1.82) is 0 Å². The summed E-state index contributed by atoms with van der Waals surface area (Å²) < 4.78 is 0. The van der Waals surface area contributed by atoms with Crippen LogP contribution in [0.1, 0.15) is 12.6 Å². The zero-order valence-electron chi connectivity index (χ0n) is 12.8. The fourth-order valence-electron chi connectivity index (χ4n) is 2.97. The summed E-state index contributed by atoms with van der Waals surface area (Å²) in [5.41, 5.74) is 1.78. The molecule has 6 heteroatoms. The number of aliphatic hydroxyl groups excluding tert-OH is 1. The second-order valence-corrected chi connectivity index (χ2v) is 5.93. The number of nitrogens with one attached hydrogen (secondary N) is 1. The predicted molar refractivity (Wildman–Crippen MR) is 84.5 cm³/mol. The van der Waals surface area contributed by atoms with Crippen LogP contribution in [-0.4, -0.2) is 69.8 Å². The van der Waals surface area contributed by atoms with Crippen molar-refractivity contribution in [3.63, 3.8) is 0 Å². The minimum absolute atomic E-state index is 0.131. The van der Waals surface area contributed by atoms with Gasteiger partial charge in [-0.05, 0) is 13.0 Å². The third-order valence-electron chi connectivity index (χ3n) is 4.12. The number of carbonyl (C=O) groups excluding carboxylic acids is 1. The van der Waals surface area contributed by atoms with E-state index in [1.807, 2.05) is 29.2 Å². The summed E-state index contributed by atoms with van der Waals surface area (Å²) in [7, 11) is 0. The number of carbonyl (C=O) groups is 1. The number of para-hydroxylation sites is 1. The van der Waals surface area contributed by atoms with Crippen LogP contribution >= 0.6 is 0 Å². The fourth-order valence-corrected chi connectivity index (χ4v) is 2.97. The zero-order chi connectivity index (χ0) is 15.5. The molecule has 1 aromatic heterocycles. The molecule has 0 bridgehead atoms. The smallest absolute Gasteiger partial charge is 0.228 e. The van der Waals surface area contributed by atoms with Gasteiger partial charge in [0.05, 0.1) is 23.7 Å². The Kier molecular flexibility index (Phi) is 4.40. The lowest BCUT2D eigenvalue weighted by molar-refractivity contribution is -0.132. The number of nitrogens with zero attached hydrogens (tertiary/aromatic N) is 3. The van der Waals surface area contributed by atoms with Crippen molar-refractivity contribution in [2.24, 2.45) is 0 Å². The Hall–Kier alpha value is -1.92.